The van der Waals surface area contributed by atoms with Gasteiger partial charge in [-0.05, 0) is 37.1 Å². The smallest absolute Gasteiger partial charge is 0.280 e. The summed E-state index contributed by atoms with van der Waals surface area (Å²) >= 11 is 0. The molecule has 0 saturated carbocycles. The van der Waals surface area contributed by atoms with Crippen LogP contribution in [0.2, 0.25) is 0 Å². The summed E-state index contributed by atoms with van der Waals surface area (Å²) < 4.78 is 10.4. The zero-order valence-electron chi connectivity index (χ0n) is 13.7. The van der Waals surface area contributed by atoms with Crippen LogP contribution in [0.4, 0.5) is 11.4 Å². The number of hydrogen-bond donors (Lipinski definition) is 1. The quantitative estimate of drug-likeness (QED) is 0.522. The largest absolute Gasteiger partial charge is 0.454 e. The highest BCUT2D eigenvalue weighted by molar-refractivity contribution is 6.03. The second-order valence-electron chi connectivity index (χ2n) is 5.61. The van der Waals surface area contributed by atoms with Crippen molar-refractivity contribution in [3.05, 3.63) is 63.2 Å². The third kappa shape index (κ3) is 3.45. The number of amides is 1. The molecule has 0 aliphatic carbocycles. The van der Waals surface area contributed by atoms with Crippen LogP contribution in [0.25, 0.3) is 6.08 Å². The van der Waals surface area contributed by atoms with Crippen LogP contribution in [0, 0.1) is 24.0 Å². The Labute approximate surface area is 144 Å². The fourth-order valence-corrected chi connectivity index (χ4v) is 2.58. The summed E-state index contributed by atoms with van der Waals surface area (Å²) in [6, 6.07) is 8.49. The van der Waals surface area contributed by atoms with Crippen LogP contribution < -0.4 is 14.8 Å². The molecule has 0 radical (unpaired) electrons. The molecule has 0 atom stereocenters. The van der Waals surface area contributed by atoms with E-state index in [9.17, 15) is 14.9 Å². The molecular weight excluding hydrogens is 324 g/mol. The van der Waals surface area contributed by atoms with Crippen LogP contribution in [0.15, 0.2) is 36.4 Å². The number of nitro benzene ring substituents is 1. The van der Waals surface area contributed by atoms with Crippen LogP contribution in [0.1, 0.15) is 16.7 Å². The predicted octanol–water partition coefficient (Wildman–Crippen LogP) is 3.59. The van der Waals surface area contributed by atoms with Crippen LogP contribution in [0.5, 0.6) is 11.5 Å². The van der Waals surface area contributed by atoms with Gasteiger partial charge in [-0.3, -0.25) is 14.9 Å². The first-order valence-corrected chi connectivity index (χ1v) is 7.59. The lowest BCUT2D eigenvalue weighted by Gasteiger charge is -2.09. The molecule has 1 amide bonds. The van der Waals surface area contributed by atoms with Gasteiger partial charge in [0.15, 0.2) is 11.5 Å². The summed E-state index contributed by atoms with van der Waals surface area (Å²) in [6.07, 6.45) is 2.65. The third-order valence-corrected chi connectivity index (χ3v) is 3.86. The zero-order chi connectivity index (χ0) is 18.0. The van der Waals surface area contributed by atoms with Crippen molar-refractivity contribution in [1.82, 2.24) is 0 Å². The Balaban J connectivity index is 1.84. The monoisotopic (exact) mass is 340 g/mol. The minimum Gasteiger partial charge on any atom is -0.454 e. The van der Waals surface area contributed by atoms with Gasteiger partial charge >= 0.3 is 0 Å². The van der Waals surface area contributed by atoms with Gasteiger partial charge in [-0.25, -0.2) is 0 Å². The fourth-order valence-electron chi connectivity index (χ4n) is 2.58. The molecule has 1 heterocycles. The highest BCUT2D eigenvalue weighted by Crippen LogP contribution is 2.38. The number of fused-ring (bicyclic) bond motifs is 1. The normalized spacial score (nSPS) is 12.4. The Hall–Kier alpha value is -3.35. The highest BCUT2D eigenvalue weighted by atomic mass is 16.7. The first-order chi connectivity index (χ1) is 12.0. The van der Waals surface area contributed by atoms with Gasteiger partial charge in [0.05, 0.1) is 16.6 Å². The summed E-state index contributed by atoms with van der Waals surface area (Å²) in [7, 11) is 0. The molecule has 0 spiro atoms. The average Bonchev–Trinajstić information content (AvgIpc) is 3.02. The van der Waals surface area contributed by atoms with Crippen LogP contribution in [-0.4, -0.2) is 17.6 Å². The molecular formula is C18H16N2O5. The summed E-state index contributed by atoms with van der Waals surface area (Å²) in [6.45, 7) is 3.82. The molecule has 1 N–H and O–H groups in total. The molecule has 0 fully saturated rings. The van der Waals surface area contributed by atoms with Crippen molar-refractivity contribution in [2.24, 2.45) is 0 Å². The van der Waals surface area contributed by atoms with Crippen molar-refractivity contribution in [1.29, 1.82) is 0 Å². The van der Waals surface area contributed by atoms with Gasteiger partial charge in [0.1, 0.15) is 0 Å². The summed E-state index contributed by atoms with van der Waals surface area (Å²) in [5, 5.41) is 14.0. The molecule has 7 heteroatoms. The summed E-state index contributed by atoms with van der Waals surface area (Å²) in [5.41, 5.74) is 2.73. The maximum atomic E-state index is 12.2. The molecule has 1 aliphatic heterocycles. The number of aryl methyl sites for hydroxylation is 2. The summed E-state index contributed by atoms with van der Waals surface area (Å²) in [4.78, 5) is 22.9. The minimum atomic E-state index is -0.523. The predicted molar refractivity (Wildman–Crippen MR) is 92.8 cm³/mol. The van der Waals surface area contributed by atoms with E-state index in [4.69, 9.17) is 9.47 Å². The number of nitrogens with one attached hydrogen (secondary N) is 1. The van der Waals surface area contributed by atoms with Gasteiger partial charge in [-0.15, -0.1) is 0 Å². The van der Waals surface area contributed by atoms with Gasteiger partial charge in [0.2, 0.25) is 12.7 Å². The number of hydrogen-bond acceptors (Lipinski definition) is 5. The van der Waals surface area contributed by atoms with Crippen molar-refractivity contribution in [3.63, 3.8) is 0 Å². The first kappa shape index (κ1) is 16.5. The van der Waals surface area contributed by atoms with Gasteiger partial charge < -0.3 is 14.8 Å². The van der Waals surface area contributed by atoms with E-state index in [1.165, 1.54) is 24.3 Å². The number of benzene rings is 2. The van der Waals surface area contributed by atoms with Gasteiger partial charge in [0.25, 0.3) is 5.69 Å². The van der Waals surface area contributed by atoms with E-state index in [0.29, 0.717) is 11.5 Å². The van der Waals surface area contributed by atoms with Gasteiger partial charge in [-0.1, -0.05) is 18.2 Å². The number of carbonyl (C=O) groups excluding carboxylic acids is 1. The molecule has 0 bridgehead atoms. The molecule has 1 aliphatic rings. The number of nitro groups is 1. The highest BCUT2D eigenvalue weighted by Gasteiger charge is 2.22. The van der Waals surface area contributed by atoms with Crippen molar-refractivity contribution in [2.45, 2.75) is 13.8 Å². The lowest BCUT2D eigenvalue weighted by Crippen LogP contribution is -2.10. The van der Waals surface area contributed by atoms with E-state index in [1.54, 1.807) is 0 Å². The number of rotatable bonds is 4. The fraction of sp³-hybridized carbons (Fsp3) is 0.167. The lowest BCUT2D eigenvalue weighted by atomic mass is 10.1. The first-order valence-electron chi connectivity index (χ1n) is 7.59. The van der Waals surface area contributed by atoms with E-state index < -0.39 is 4.92 Å². The van der Waals surface area contributed by atoms with Crippen molar-refractivity contribution < 1.29 is 19.2 Å². The Morgan fingerprint density at radius 1 is 1.20 bits per heavy atom. The standard InChI is InChI=1S/C18H16N2O5/c1-11-4-3-5-12(2)18(11)19-17(21)7-6-13-8-15-16(25-10-24-15)9-14(13)20(22)23/h3-9H,10H2,1-2H3,(H,19,21). The number of carbonyl (C=O) groups is 1. The molecule has 25 heavy (non-hydrogen) atoms. The third-order valence-electron chi connectivity index (χ3n) is 3.86. The topological polar surface area (TPSA) is 90.7 Å². The van der Waals surface area contributed by atoms with Crippen LogP contribution in [-0.2, 0) is 4.79 Å². The molecule has 3 rings (SSSR count). The maximum Gasteiger partial charge on any atom is 0.280 e. The molecule has 0 saturated heterocycles. The van der Waals surface area contributed by atoms with Gasteiger partial charge in [0, 0.05) is 11.8 Å². The molecule has 0 aromatic heterocycles. The Bertz CT molecular complexity index is 869. The number of nitrogens with zero attached hydrogens (tertiary/aromatic N) is 1. The van der Waals surface area contributed by atoms with E-state index >= 15 is 0 Å². The number of anilines is 1. The second kappa shape index (κ2) is 6.64. The van der Waals surface area contributed by atoms with E-state index in [1.807, 2.05) is 32.0 Å². The van der Waals surface area contributed by atoms with Gasteiger partial charge in [-0.2, -0.15) is 0 Å². The maximum absolute atomic E-state index is 12.2. The van der Waals surface area contributed by atoms with Crippen molar-refractivity contribution in [3.8, 4) is 11.5 Å². The van der Waals surface area contributed by atoms with E-state index in [-0.39, 0.29) is 24.0 Å². The van der Waals surface area contributed by atoms with E-state index in [2.05, 4.69) is 5.32 Å². The molecule has 128 valence electrons. The van der Waals surface area contributed by atoms with E-state index in [0.717, 1.165) is 16.8 Å². The molecule has 2 aromatic rings. The molecule has 7 nitrogen and oxygen atoms in total. The minimum absolute atomic E-state index is 0.0205. The summed E-state index contributed by atoms with van der Waals surface area (Å²) in [5.74, 6) is 0.369. The Kier molecular flexibility index (Phi) is 4.38. The van der Waals surface area contributed by atoms with Crippen molar-refractivity contribution in [2.75, 3.05) is 12.1 Å². The van der Waals surface area contributed by atoms with Crippen molar-refractivity contribution >= 4 is 23.4 Å². The van der Waals surface area contributed by atoms with Crippen LogP contribution >= 0.6 is 0 Å². The van der Waals surface area contributed by atoms with Crippen LogP contribution in [0.3, 0.4) is 0 Å². The zero-order valence-corrected chi connectivity index (χ0v) is 13.7. The number of ether oxygens (including phenoxy) is 2. The lowest BCUT2D eigenvalue weighted by molar-refractivity contribution is -0.385. The molecule has 0 unspecified atom stereocenters. The number of para-hydroxylation sites is 1. The Morgan fingerprint density at radius 2 is 1.84 bits per heavy atom. The molecule has 2 aromatic carbocycles. The SMILES string of the molecule is Cc1cccc(C)c1NC(=O)C=Cc1cc2c(cc1[N+](=O)[O-])OCO2. The second-order valence-corrected chi connectivity index (χ2v) is 5.61. The Morgan fingerprint density at radius 3 is 2.48 bits per heavy atom. The average molecular weight is 340 g/mol.